The number of amides is 1. The number of benzene rings is 1. The molecule has 1 aromatic rings. The van der Waals surface area contributed by atoms with Gasteiger partial charge in [0.05, 0.1) is 0 Å². The summed E-state index contributed by atoms with van der Waals surface area (Å²) in [5.41, 5.74) is 7.18. The van der Waals surface area contributed by atoms with E-state index in [1.165, 1.54) is 6.42 Å². The third-order valence-electron chi connectivity index (χ3n) is 3.89. The molecule has 3 N–H and O–H groups in total. The van der Waals surface area contributed by atoms with Gasteiger partial charge >= 0.3 is 6.09 Å². The highest BCUT2D eigenvalue weighted by Gasteiger charge is 2.31. The van der Waals surface area contributed by atoms with Crippen LogP contribution in [0.3, 0.4) is 0 Å². The zero-order valence-electron chi connectivity index (χ0n) is 13.5. The summed E-state index contributed by atoms with van der Waals surface area (Å²) in [6, 6.07) is 5.42. The quantitative estimate of drug-likeness (QED) is 0.820. The van der Waals surface area contributed by atoms with Crippen molar-refractivity contribution >= 4 is 23.4 Å². The number of carbonyl (C=O) groups excluding carboxylic acids is 1. The highest BCUT2D eigenvalue weighted by atomic mass is 35.5. The Morgan fingerprint density at radius 1 is 1.27 bits per heavy atom. The van der Waals surface area contributed by atoms with Gasteiger partial charge in [0, 0.05) is 16.2 Å². The molecular formula is C17H25ClN2O2. The van der Waals surface area contributed by atoms with Crippen LogP contribution in [0.25, 0.3) is 0 Å². The van der Waals surface area contributed by atoms with Crippen LogP contribution in [0.1, 0.15) is 58.4 Å². The maximum atomic E-state index is 11.9. The van der Waals surface area contributed by atoms with Gasteiger partial charge in [-0.05, 0) is 57.4 Å². The summed E-state index contributed by atoms with van der Waals surface area (Å²) in [5.74, 6) is 0. The van der Waals surface area contributed by atoms with Gasteiger partial charge in [0.1, 0.15) is 5.60 Å². The molecule has 0 aliphatic heterocycles. The van der Waals surface area contributed by atoms with Crippen LogP contribution in [0.4, 0.5) is 10.5 Å². The highest BCUT2D eigenvalue weighted by Crippen LogP contribution is 2.39. The lowest BCUT2D eigenvalue weighted by Crippen LogP contribution is -2.39. The first-order chi connectivity index (χ1) is 10.2. The SMILES string of the molecule is CC(C)(C)OC(=O)Nc1ccc(Cl)c(C2(N)CCCCC2)c1. The summed E-state index contributed by atoms with van der Waals surface area (Å²) in [7, 11) is 0. The van der Waals surface area contributed by atoms with E-state index in [4.69, 9.17) is 22.1 Å². The highest BCUT2D eigenvalue weighted by molar-refractivity contribution is 6.31. The molecule has 5 heteroatoms. The van der Waals surface area contributed by atoms with Gasteiger partial charge in [-0.15, -0.1) is 0 Å². The number of rotatable bonds is 2. The second kappa shape index (κ2) is 6.47. The summed E-state index contributed by atoms with van der Waals surface area (Å²) in [6.45, 7) is 5.49. The van der Waals surface area contributed by atoms with E-state index in [0.29, 0.717) is 10.7 Å². The molecule has 1 amide bonds. The van der Waals surface area contributed by atoms with Crippen molar-refractivity contribution in [2.45, 2.75) is 64.0 Å². The molecule has 0 radical (unpaired) electrons. The number of anilines is 1. The molecule has 0 unspecified atom stereocenters. The average Bonchev–Trinajstić information content (AvgIpc) is 2.39. The Bertz CT molecular complexity index is 546. The van der Waals surface area contributed by atoms with Crippen LogP contribution in [0.15, 0.2) is 18.2 Å². The van der Waals surface area contributed by atoms with Gasteiger partial charge < -0.3 is 10.5 Å². The molecule has 0 heterocycles. The summed E-state index contributed by atoms with van der Waals surface area (Å²) in [6.07, 6.45) is 4.79. The number of nitrogens with one attached hydrogen (secondary N) is 1. The Morgan fingerprint density at radius 2 is 1.91 bits per heavy atom. The molecule has 0 bridgehead atoms. The summed E-state index contributed by atoms with van der Waals surface area (Å²) in [4.78, 5) is 11.9. The van der Waals surface area contributed by atoms with Crippen LogP contribution in [0.5, 0.6) is 0 Å². The number of nitrogens with two attached hydrogens (primary N) is 1. The topological polar surface area (TPSA) is 64.3 Å². The zero-order chi connectivity index (χ0) is 16.4. The number of carbonyl (C=O) groups is 1. The van der Waals surface area contributed by atoms with E-state index in [9.17, 15) is 4.79 Å². The molecule has 0 atom stereocenters. The predicted molar refractivity (Wildman–Crippen MR) is 90.3 cm³/mol. The number of hydrogen-bond donors (Lipinski definition) is 2. The monoisotopic (exact) mass is 324 g/mol. The van der Waals surface area contributed by atoms with E-state index in [1.807, 2.05) is 26.8 Å². The van der Waals surface area contributed by atoms with Crippen molar-refractivity contribution in [2.24, 2.45) is 5.73 Å². The lowest BCUT2D eigenvalue weighted by atomic mass is 9.77. The molecule has 4 nitrogen and oxygen atoms in total. The fourth-order valence-corrected chi connectivity index (χ4v) is 3.16. The molecular weight excluding hydrogens is 300 g/mol. The van der Waals surface area contributed by atoms with E-state index < -0.39 is 17.2 Å². The van der Waals surface area contributed by atoms with E-state index in [0.717, 1.165) is 31.2 Å². The van der Waals surface area contributed by atoms with Gasteiger partial charge in [-0.3, -0.25) is 5.32 Å². The minimum atomic E-state index is -0.530. The smallest absolute Gasteiger partial charge is 0.412 e. The summed E-state index contributed by atoms with van der Waals surface area (Å²) < 4.78 is 5.27. The minimum Gasteiger partial charge on any atom is -0.444 e. The maximum Gasteiger partial charge on any atom is 0.412 e. The first-order valence-electron chi connectivity index (χ1n) is 7.79. The van der Waals surface area contributed by atoms with Crippen LogP contribution in [0.2, 0.25) is 5.02 Å². The van der Waals surface area contributed by atoms with Crippen molar-refractivity contribution < 1.29 is 9.53 Å². The Hall–Kier alpha value is -1.26. The van der Waals surface area contributed by atoms with Gasteiger partial charge in [-0.2, -0.15) is 0 Å². The number of halogens is 1. The maximum absolute atomic E-state index is 11.9. The largest absolute Gasteiger partial charge is 0.444 e. The van der Waals surface area contributed by atoms with Crippen LogP contribution in [-0.2, 0) is 10.3 Å². The van der Waals surface area contributed by atoms with Crippen molar-refractivity contribution in [1.29, 1.82) is 0 Å². The predicted octanol–water partition coefficient (Wildman–Crippen LogP) is 4.81. The summed E-state index contributed by atoms with van der Waals surface area (Å²) in [5, 5.41) is 3.40. The van der Waals surface area contributed by atoms with E-state index >= 15 is 0 Å². The van der Waals surface area contributed by atoms with Crippen LogP contribution >= 0.6 is 11.6 Å². The van der Waals surface area contributed by atoms with Crippen molar-refractivity contribution in [1.82, 2.24) is 0 Å². The molecule has 0 saturated heterocycles. The average molecular weight is 325 g/mol. The molecule has 1 aromatic carbocycles. The first kappa shape index (κ1) is 17.1. The molecule has 2 rings (SSSR count). The zero-order valence-corrected chi connectivity index (χ0v) is 14.3. The van der Waals surface area contributed by atoms with Gasteiger partial charge in [0.25, 0.3) is 0 Å². The van der Waals surface area contributed by atoms with Crippen LogP contribution in [-0.4, -0.2) is 11.7 Å². The molecule has 0 spiro atoms. The molecule has 1 aliphatic carbocycles. The third kappa shape index (κ3) is 4.37. The molecule has 122 valence electrons. The lowest BCUT2D eigenvalue weighted by Gasteiger charge is -2.35. The Morgan fingerprint density at radius 3 is 2.50 bits per heavy atom. The second-order valence-corrected chi connectivity index (χ2v) is 7.45. The van der Waals surface area contributed by atoms with Crippen molar-refractivity contribution in [3.63, 3.8) is 0 Å². The lowest BCUT2D eigenvalue weighted by molar-refractivity contribution is 0.0636. The van der Waals surface area contributed by atoms with Gasteiger partial charge in [-0.1, -0.05) is 30.9 Å². The fourth-order valence-electron chi connectivity index (χ4n) is 2.86. The number of hydrogen-bond acceptors (Lipinski definition) is 3. The van der Waals surface area contributed by atoms with Gasteiger partial charge in [-0.25, -0.2) is 4.79 Å². The Balaban J connectivity index is 2.18. The molecule has 1 aliphatic rings. The van der Waals surface area contributed by atoms with Gasteiger partial charge in [0.15, 0.2) is 0 Å². The van der Waals surface area contributed by atoms with Crippen LogP contribution < -0.4 is 11.1 Å². The first-order valence-corrected chi connectivity index (χ1v) is 8.16. The van der Waals surface area contributed by atoms with Crippen LogP contribution in [0, 0.1) is 0 Å². The molecule has 1 saturated carbocycles. The Kier molecular flexibility index (Phi) is 5.03. The standard InChI is InChI=1S/C17H25ClN2O2/c1-16(2,3)22-15(21)20-12-7-8-14(18)13(11-12)17(19)9-5-4-6-10-17/h7-8,11H,4-6,9-10,19H2,1-3H3,(H,20,21). The van der Waals surface area contributed by atoms with Crippen molar-refractivity contribution in [3.05, 3.63) is 28.8 Å². The molecule has 0 aromatic heterocycles. The Labute approximate surface area is 137 Å². The fraction of sp³-hybridized carbons (Fsp3) is 0.588. The normalized spacial score (nSPS) is 17.9. The molecule has 22 heavy (non-hydrogen) atoms. The minimum absolute atomic E-state index is 0.402. The second-order valence-electron chi connectivity index (χ2n) is 7.04. The molecule has 1 fully saturated rings. The van der Waals surface area contributed by atoms with Gasteiger partial charge in [0.2, 0.25) is 0 Å². The van der Waals surface area contributed by atoms with E-state index in [1.54, 1.807) is 12.1 Å². The van der Waals surface area contributed by atoms with Crippen molar-refractivity contribution in [2.75, 3.05) is 5.32 Å². The van der Waals surface area contributed by atoms with E-state index in [2.05, 4.69) is 5.32 Å². The third-order valence-corrected chi connectivity index (χ3v) is 4.22. The van der Waals surface area contributed by atoms with Crippen molar-refractivity contribution in [3.8, 4) is 0 Å². The van der Waals surface area contributed by atoms with E-state index in [-0.39, 0.29) is 0 Å². The summed E-state index contributed by atoms with van der Waals surface area (Å²) >= 11 is 6.34. The number of ether oxygens (including phenoxy) is 1.